The van der Waals surface area contributed by atoms with E-state index in [1.807, 2.05) is 12.1 Å². The lowest BCUT2D eigenvalue weighted by molar-refractivity contribution is 0.0880. The van der Waals surface area contributed by atoms with E-state index in [1.54, 1.807) is 17.8 Å². The van der Waals surface area contributed by atoms with E-state index in [1.165, 1.54) is 20.9 Å². The van der Waals surface area contributed by atoms with Crippen molar-refractivity contribution in [3.05, 3.63) is 70.8 Å². The Morgan fingerprint density at radius 3 is 2.57 bits per heavy atom. The van der Waals surface area contributed by atoms with Gasteiger partial charge in [0.05, 0.1) is 11.1 Å². The molecule has 3 nitrogen and oxygen atoms in total. The first-order valence-electron chi connectivity index (χ1n) is 7.42. The van der Waals surface area contributed by atoms with Gasteiger partial charge < -0.3 is 0 Å². The highest BCUT2D eigenvalue weighted by Gasteiger charge is 2.30. The predicted octanol–water partition coefficient (Wildman–Crippen LogP) is 3.78. The quantitative estimate of drug-likeness (QED) is 0.502. The van der Waals surface area contributed by atoms with Crippen molar-refractivity contribution in [1.29, 1.82) is 0 Å². The molecule has 0 spiro atoms. The second-order valence-corrected chi connectivity index (χ2v) is 6.88. The number of amides is 2. The molecule has 0 saturated carbocycles. The molecule has 3 aromatic rings. The summed E-state index contributed by atoms with van der Waals surface area (Å²) in [5.41, 5.74) is 3.53. The lowest BCUT2D eigenvalue weighted by atomic mass is 9.93. The molecule has 1 N–H and O–H groups in total. The molecule has 0 fully saturated rings. The number of carbonyl (C=O) groups excluding carboxylic acids is 2. The average molecular weight is 317 g/mol. The number of hydrogen-bond acceptors (Lipinski definition) is 3. The summed E-state index contributed by atoms with van der Waals surface area (Å²) in [6.45, 7) is 0. The van der Waals surface area contributed by atoms with Crippen molar-refractivity contribution in [2.24, 2.45) is 0 Å². The van der Waals surface area contributed by atoms with Gasteiger partial charge in [0, 0.05) is 16.2 Å². The summed E-state index contributed by atoms with van der Waals surface area (Å²) >= 11 is 1.76. The SMILES string of the molecule is O=C1NC(=O)c2c1ccc1c3c(ccc21)Sc1ccccc1C3. The number of hydrogen-bond donors (Lipinski definition) is 1. The van der Waals surface area contributed by atoms with Crippen molar-refractivity contribution in [2.75, 3.05) is 0 Å². The molecule has 110 valence electrons. The van der Waals surface area contributed by atoms with Crippen LogP contribution >= 0.6 is 11.8 Å². The maximum absolute atomic E-state index is 12.1. The van der Waals surface area contributed by atoms with Crippen molar-refractivity contribution in [3.63, 3.8) is 0 Å². The number of benzene rings is 3. The lowest BCUT2D eigenvalue weighted by Crippen LogP contribution is -2.19. The van der Waals surface area contributed by atoms with Gasteiger partial charge in [-0.05, 0) is 40.1 Å². The Kier molecular flexibility index (Phi) is 2.50. The van der Waals surface area contributed by atoms with E-state index in [0.717, 1.165) is 17.2 Å². The summed E-state index contributed by atoms with van der Waals surface area (Å²) in [5.74, 6) is -0.594. The van der Waals surface area contributed by atoms with E-state index in [2.05, 4.69) is 35.6 Å². The zero-order chi connectivity index (χ0) is 15.6. The fourth-order valence-electron chi connectivity index (χ4n) is 3.45. The van der Waals surface area contributed by atoms with Crippen LogP contribution in [-0.2, 0) is 6.42 Å². The van der Waals surface area contributed by atoms with E-state index < -0.39 is 0 Å². The molecule has 5 rings (SSSR count). The van der Waals surface area contributed by atoms with Gasteiger partial charge in [0.1, 0.15) is 0 Å². The minimum absolute atomic E-state index is 0.292. The largest absolute Gasteiger partial charge is 0.288 e. The van der Waals surface area contributed by atoms with Crippen LogP contribution in [0.3, 0.4) is 0 Å². The summed E-state index contributed by atoms with van der Waals surface area (Å²) in [6, 6.07) is 16.2. The van der Waals surface area contributed by atoms with E-state index in [0.29, 0.717) is 11.1 Å². The Morgan fingerprint density at radius 1 is 0.826 bits per heavy atom. The molecule has 0 aromatic heterocycles. The minimum atomic E-state index is -0.302. The molecule has 0 saturated heterocycles. The van der Waals surface area contributed by atoms with Gasteiger partial charge in [0.2, 0.25) is 0 Å². The Labute approximate surface area is 136 Å². The maximum Gasteiger partial charge on any atom is 0.259 e. The molecular formula is C19H11NO2S. The van der Waals surface area contributed by atoms with Crippen molar-refractivity contribution in [2.45, 2.75) is 16.2 Å². The van der Waals surface area contributed by atoms with Crippen LogP contribution < -0.4 is 5.32 Å². The van der Waals surface area contributed by atoms with Gasteiger partial charge in [0.15, 0.2) is 0 Å². The minimum Gasteiger partial charge on any atom is -0.288 e. The number of nitrogens with one attached hydrogen (secondary N) is 1. The van der Waals surface area contributed by atoms with Crippen LogP contribution in [0.15, 0.2) is 58.3 Å². The normalized spacial score (nSPS) is 15.1. The van der Waals surface area contributed by atoms with Crippen LogP contribution in [0.25, 0.3) is 10.8 Å². The number of imide groups is 1. The van der Waals surface area contributed by atoms with Gasteiger partial charge in [-0.15, -0.1) is 0 Å². The number of fused-ring (bicyclic) bond motifs is 6. The summed E-state index contributed by atoms with van der Waals surface area (Å²) < 4.78 is 0. The molecule has 0 aliphatic carbocycles. The zero-order valence-corrected chi connectivity index (χ0v) is 12.9. The fraction of sp³-hybridized carbons (Fsp3) is 0.0526. The molecule has 3 aromatic carbocycles. The third-order valence-electron chi connectivity index (χ3n) is 4.53. The monoisotopic (exact) mass is 317 g/mol. The molecule has 4 heteroatoms. The predicted molar refractivity (Wildman–Crippen MR) is 89.1 cm³/mol. The molecule has 0 radical (unpaired) electrons. The van der Waals surface area contributed by atoms with E-state index in [-0.39, 0.29) is 11.8 Å². The molecule has 2 heterocycles. The average Bonchev–Trinajstić information content (AvgIpc) is 2.87. The highest BCUT2D eigenvalue weighted by molar-refractivity contribution is 7.99. The zero-order valence-electron chi connectivity index (χ0n) is 12.1. The Morgan fingerprint density at radius 2 is 1.65 bits per heavy atom. The van der Waals surface area contributed by atoms with Crippen LogP contribution in [0.4, 0.5) is 0 Å². The Balaban J connectivity index is 1.79. The van der Waals surface area contributed by atoms with Crippen LogP contribution in [0.2, 0.25) is 0 Å². The van der Waals surface area contributed by atoms with Crippen molar-refractivity contribution in [1.82, 2.24) is 5.32 Å². The van der Waals surface area contributed by atoms with E-state index in [9.17, 15) is 9.59 Å². The van der Waals surface area contributed by atoms with Gasteiger partial charge in [-0.25, -0.2) is 0 Å². The lowest BCUT2D eigenvalue weighted by Gasteiger charge is -2.21. The van der Waals surface area contributed by atoms with Gasteiger partial charge in [-0.1, -0.05) is 42.1 Å². The molecular weight excluding hydrogens is 306 g/mol. The molecule has 23 heavy (non-hydrogen) atoms. The van der Waals surface area contributed by atoms with Crippen molar-refractivity contribution < 1.29 is 9.59 Å². The first-order chi connectivity index (χ1) is 11.2. The van der Waals surface area contributed by atoms with Crippen LogP contribution in [0.1, 0.15) is 31.8 Å². The van der Waals surface area contributed by atoms with Gasteiger partial charge in [-0.2, -0.15) is 0 Å². The smallest absolute Gasteiger partial charge is 0.259 e. The molecule has 2 aliphatic heterocycles. The Hall–Kier alpha value is -2.59. The third kappa shape index (κ3) is 1.72. The summed E-state index contributed by atoms with van der Waals surface area (Å²) in [5, 5.41) is 4.32. The number of carbonyl (C=O) groups is 2. The van der Waals surface area contributed by atoms with E-state index in [4.69, 9.17) is 0 Å². The summed E-state index contributed by atoms with van der Waals surface area (Å²) in [4.78, 5) is 26.5. The molecule has 0 unspecified atom stereocenters. The van der Waals surface area contributed by atoms with Gasteiger partial charge in [0.25, 0.3) is 11.8 Å². The molecule has 2 amide bonds. The van der Waals surface area contributed by atoms with Crippen molar-refractivity contribution in [3.8, 4) is 0 Å². The standard InChI is InChI=1S/C19H11NO2S/c21-18-13-6-5-11-12(17(13)19(22)20-18)7-8-16-14(11)9-10-3-1-2-4-15(10)23-16/h1-8H,9H2,(H,20,21,22). The fourth-order valence-corrected chi connectivity index (χ4v) is 4.55. The highest BCUT2D eigenvalue weighted by Crippen LogP contribution is 2.43. The van der Waals surface area contributed by atoms with Gasteiger partial charge >= 0.3 is 0 Å². The van der Waals surface area contributed by atoms with E-state index >= 15 is 0 Å². The van der Waals surface area contributed by atoms with Crippen LogP contribution in [-0.4, -0.2) is 11.8 Å². The second-order valence-electron chi connectivity index (χ2n) is 5.80. The summed E-state index contributed by atoms with van der Waals surface area (Å²) in [7, 11) is 0. The molecule has 0 atom stereocenters. The molecule has 2 aliphatic rings. The third-order valence-corrected chi connectivity index (χ3v) is 5.75. The van der Waals surface area contributed by atoms with Crippen molar-refractivity contribution >= 4 is 34.3 Å². The number of rotatable bonds is 0. The highest BCUT2D eigenvalue weighted by atomic mass is 32.2. The molecule has 0 bridgehead atoms. The maximum atomic E-state index is 12.1. The summed E-state index contributed by atoms with van der Waals surface area (Å²) in [6.07, 6.45) is 0.851. The second kappa shape index (κ2) is 4.46. The Bertz CT molecular complexity index is 1040. The van der Waals surface area contributed by atoms with Gasteiger partial charge in [-0.3, -0.25) is 14.9 Å². The first kappa shape index (κ1) is 12.9. The van der Waals surface area contributed by atoms with Crippen LogP contribution in [0, 0.1) is 0 Å². The first-order valence-corrected chi connectivity index (χ1v) is 8.24. The van der Waals surface area contributed by atoms with Crippen LogP contribution in [0.5, 0.6) is 0 Å². The topological polar surface area (TPSA) is 46.2 Å².